The minimum absolute atomic E-state index is 0.0618. The molecule has 0 bridgehead atoms. The van der Waals surface area contributed by atoms with Crippen LogP contribution >= 0.6 is 0 Å². The normalized spacial score (nSPS) is 16.1. The number of nitrogens with zero attached hydrogens (tertiary/aromatic N) is 2. The number of rotatable bonds is 8. The number of ether oxygens (including phenoxy) is 1. The number of carbonyl (C=O) groups is 1. The number of carbonyl (C=O) groups excluding carboxylic acids is 1. The van der Waals surface area contributed by atoms with Crippen LogP contribution < -0.4 is 16.0 Å². The Kier molecular flexibility index (Phi) is 8.22. The summed E-state index contributed by atoms with van der Waals surface area (Å²) < 4.78 is 23.9. The molecule has 9 heteroatoms. The number of nitrogens with one attached hydrogen (secondary N) is 3. The van der Waals surface area contributed by atoms with Gasteiger partial charge in [-0.2, -0.15) is 0 Å². The lowest BCUT2D eigenvalue weighted by Gasteiger charge is -2.35. The van der Waals surface area contributed by atoms with Crippen molar-refractivity contribution < 1.29 is 18.3 Å². The molecule has 162 valence electrons. The van der Waals surface area contributed by atoms with Crippen LogP contribution in [0.2, 0.25) is 0 Å². The summed E-state index contributed by atoms with van der Waals surface area (Å²) >= 11 is 0. The van der Waals surface area contributed by atoms with Crippen molar-refractivity contribution in [2.45, 2.75) is 6.04 Å². The summed E-state index contributed by atoms with van der Waals surface area (Å²) in [5.41, 5.74) is 1.03. The van der Waals surface area contributed by atoms with Gasteiger partial charge in [0.2, 0.25) is 0 Å². The molecule has 8 nitrogen and oxygen atoms in total. The summed E-state index contributed by atoms with van der Waals surface area (Å²) in [6.45, 7) is 4.52. The topological polar surface area (TPSA) is 91.1 Å². The van der Waals surface area contributed by atoms with E-state index in [1.165, 1.54) is 18.4 Å². The van der Waals surface area contributed by atoms with Gasteiger partial charge in [-0.25, -0.2) is 4.39 Å². The zero-order chi connectivity index (χ0) is 21.2. The Morgan fingerprint density at radius 1 is 1.13 bits per heavy atom. The number of benzene rings is 1. The van der Waals surface area contributed by atoms with Crippen LogP contribution in [0.15, 0.2) is 52.1 Å². The Labute approximate surface area is 175 Å². The summed E-state index contributed by atoms with van der Waals surface area (Å²) in [5.74, 6) is 0.405. The van der Waals surface area contributed by atoms with E-state index in [0.29, 0.717) is 38.8 Å². The molecule has 1 aromatic carbocycles. The number of aliphatic imine (C=N–C) groups is 1. The van der Waals surface area contributed by atoms with Crippen molar-refractivity contribution in [1.82, 2.24) is 20.9 Å². The number of guanidine groups is 1. The molecule has 1 aliphatic rings. The van der Waals surface area contributed by atoms with E-state index in [1.54, 1.807) is 19.2 Å². The van der Waals surface area contributed by atoms with Crippen LogP contribution in [0.3, 0.4) is 0 Å². The number of hydrogen-bond acceptors (Lipinski definition) is 5. The second kappa shape index (κ2) is 11.3. The maximum absolute atomic E-state index is 13.4. The molecule has 1 aromatic heterocycles. The summed E-state index contributed by atoms with van der Waals surface area (Å²) in [6, 6.07) is 9.95. The number of hydrogen-bond donors (Lipinski definition) is 3. The lowest BCUT2D eigenvalue weighted by atomic mass is 10.0. The quantitative estimate of drug-likeness (QED) is 0.342. The SMILES string of the molecule is CN=C(NCCNC(=O)c1ccco1)NCC(c1ccc(F)cc1)N1CCOCC1. The molecule has 1 unspecified atom stereocenters. The third-order valence-corrected chi connectivity index (χ3v) is 4.88. The summed E-state index contributed by atoms with van der Waals surface area (Å²) in [6.07, 6.45) is 1.46. The van der Waals surface area contributed by atoms with Crippen LogP contribution in [0.5, 0.6) is 0 Å². The summed E-state index contributed by atoms with van der Waals surface area (Å²) in [7, 11) is 1.69. The zero-order valence-corrected chi connectivity index (χ0v) is 17.1. The van der Waals surface area contributed by atoms with E-state index >= 15 is 0 Å². The van der Waals surface area contributed by atoms with Crippen molar-refractivity contribution in [3.63, 3.8) is 0 Å². The molecule has 3 rings (SSSR count). The van der Waals surface area contributed by atoms with Gasteiger partial charge in [0.15, 0.2) is 11.7 Å². The van der Waals surface area contributed by atoms with E-state index in [0.717, 1.165) is 18.7 Å². The molecular weight excluding hydrogens is 389 g/mol. The van der Waals surface area contributed by atoms with Crippen molar-refractivity contribution in [2.75, 3.05) is 53.0 Å². The molecule has 1 saturated heterocycles. The average molecular weight is 417 g/mol. The minimum Gasteiger partial charge on any atom is -0.459 e. The first-order chi connectivity index (χ1) is 14.7. The molecule has 1 amide bonds. The number of halogens is 1. The first-order valence-electron chi connectivity index (χ1n) is 10.0. The van der Waals surface area contributed by atoms with Gasteiger partial charge in [-0.1, -0.05) is 12.1 Å². The molecule has 2 aromatic rings. The Balaban J connectivity index is 1.50. The average Bonchev–Trinajstić information content (AvgIpc) is 3.32. The first kappa shape index (κ1) is 21.8. The van der Waals surface area contributed by atoms with Crippen LogP contribution in [0.4, 0.5) is 4.39 Å². The van der Waals surface area contributed by atoms with Gasteiger partial charge >= 0.3 is 0 Å². The molecule has 2 heterocycles. The predicted molar refractivity (Wildman–Crippen MR) is 112 cm³/mol. The van der Waals surface area contributed by atoms with Crippen LogP contribution in [0, 0.1) is 5.82 Å². The van der Waals surface area contributed by atoms with Crippen LogP contribution in [0.25, 0.3) is 0 Å². The third kappa shape index (κ3) is 6.30. The van der Waals surface area contributed by atoms with E-state index in [9.17, 15) is 9.18 Å². The van der Waals surface area contributed by atoms with Gasteiger partial charge in [0.25, 0.3) is 5.91 Å². The van der Waals surface area contributed by atoms with Crippen molar-refractivity contribution in [3.05, 3.63) is 59.8 Å². The zero-order valence-electron chi connectivity index (χ0n) is 17.1. The molecule has 0 spiro atoms. The molecule has 1 aliphatic heterocycles. The fraction of sp³-hybridized carbons (Fsp3) is 0.429. The Morgan fingerprint density at radius 3 is 2.53 bits per heavy atom. The molecule has 1 fully saturated rings. The maximum Gasteiger partial charge on any atom is 0.287 e. The Hall–Kier alpha value is -2.91. The van der Waals surface area contributed by atoms with Gasteiger partial charge in [-0.05, 0) is 29.8 Å². The van der Waals surface area contributed by atoms with E-state index < -0.39 is 0 Å². The van der Waals surface area contributed by atoms with Crippen LogP contribution in [0.1, 0.15) is 22.2 Å². The summed E-state index contributed by atoms with van der Waals surface area (Å²) in [5, 5.41) is 9.28. The van der Waals surface area contributed by atoms with E-state index in [1.807, 2.05) is 12.1 Å². The lowest BCUT2D eigenvalue weighted by Crippen LogP contribution is -2.47. The second-order valence-electron chi connectivity index (χ2n) is 6.83. The molecule has 1 atom stereocenters. The molecular formula is C21H28FN5O3. The molecule has 0 saturated carbocycles. The molecule has 0 radical (unpaired) electrons. The van der Waals surface area contributed by atoms with Gasteiger partial charge in [-0.3, -0.25) is 14.7 Å². The fourth-order valence-corrected chi connectivity index (χ4v) is 3.30. The third-order valence-electron chi connectivity index (χ3n) is 4.88. The molecule has 30 heavy (non-hydrogen) atoms. The number of morpholine rings is 1. The number of amides is 1. The fourth-order valence-electron chi connectivity index (χ4n) is 3.30. The largest absolute Gasteiger partial charge is 0.459 e. The highest BCUT2D eigenvalue weighted by molar-refractivity contribution is 5.91. The smallest absolute Gasteiger partial charge is 0.287 e. The highest BCUT2D eigenvalue weighted by atomic mass is 19.1. The van der Waals surface area contributed by atoms with Gasteiger partial charge in [-0.15, -0.1) is 0 Å². The first-order valence-corrected chi connectivity index (χ1v) is 10.0. The highest BCUT2D eigenvalue weighted by Gasteiger charge is 2.23. The Morgan fingerprint density at radius 2 is 1.87 bits per heavy atom. The predicted octanol–water partition coefficient (Wildman–Crippen LogP) is 1.39. The van der Waals surface area contributed by atoms with Gasteiger partial charge in [0.1, 0.15) is 5.82 Å². The van der Waals surface area contributed by atoms with E-state index in [2.05, 4.69) is 25.8 Å². The second-order valence-corrected chi connectivity index (χ2v) is 6.83. The highest BCUT2D eigenvalue weighted by Crippen LogP contribution is 2.21. The Bertz CT molecular complexity index is 805. The van der Waals surface area contributed by atoms with E-state index in [-0.39, 0.29) is 23.5 Å². The van der Waals surface area contributed by atoms with Crippen molar-refractivity contribution >= 4 is 11.9 Å². The summed E-state index contributed by atoms with van der Waals surface area (Å²) in [4.78, 5) is 18.4. The van der Waals surface area contributed by atoms with Crippen molar-refractivity contribution in [2.24, 2.45) is 4.99 Å². The van der Waals surface area contributed by atoms with Crippen molar-refractivity contribution in [1.29, 1.82) is 0 Å². The van der Waals surface area contributed by atoms with Gasteiger partial charge in [0.05, 0.1) is 25.5 Å². The lowest BCUT2D eigenvalue weighted by molar-refractivity contribution is 0.0170. The van der Waals surface area contributed by atoms with Gasteiger partial charge < -0.3 is 25.1 Å². The van der Waals surface area contributed by atoms with Crippen LogP contribution in [-0.2, 0) is 4.74 Å². The molecule has 3 N–H and O–H groups in total. The number of furan rings is 1. The van der Waals surface area contributed by atoms with Gasteiger partial charge in [0, 0.05) is 39.8 Å². The standard InChI is InChI=1S/C21H28FN5O3/c1-23-21(25-9-8-24-20(28)19-3-2-12-30-19)26-15-18(27-10-13-29-14-11-27)16-4-6-17(22)7-5-16/h2-7,12,18H,8-11,13-15H2,1H3,(H,24,28)(H2,23,25,26). The minimum atomic E-state index is -0.256. The van der Waals surface area contributed by atoms with Crippen LogP contribution in [-0.4, -0.2) is 69.8 Å². The maximum atomic E-state index is 13.4. The van der Waals surface area contributed by atoms with Crippen molar-refractivity contribution in [3.8, 4) is 0 Å². The van der Waals surface area contributed by atoms with E-state index in [4.69, 9.17) is 9.15 Å². The molecule has 0 aliphatic carbocycles. The monoisotopic (exact) mass is 417 g/mol.